The van der Waals surface area contributed by atoms with E-state index >= 15 is 0 Å². The van der Waals surface area contributed by atoms with Crippen LogP contribution in [0.4, 0.5) is 0 Å². The van der Waals surface area contributed by atoms with E-state index in [1.807, 2.05) is 6.33 Å². The van der Waals surface area contributed by atoms with Gasteiger partial charge in [-0.3, -0.25) is 9.89 Å². The second-order valence-electron chi connectivity index (χ2n) is 7.45. The van der Waals surface area contributed by atoms with E-state index in [2.05, 4.69) is 55.9 Å². The van der Waals surface area contributed by atoms with Crippen molar-refractivity contribution in [2.45, 2.75) is 58.0 Å². The van der Waals surface area contributed by atoms with Crippen molar-refractivity contribution in [1.82, 2.24) is 30.3 Å². The molecule has 7 nitrogen and oxygen atoms in total. The third-order valence-corrected chi connectivity index (χ3v) is 6.69. The molecule has 9 heteroatoms. The molecular formula is C19H36IN7S. The Bertz CT molecular complexity index is 595. The topological polar surface area (TPSA) is 70.4 Å². The van der Waals surface area contributed by atoms with E-state index < -0.39 is 0 Å². The van der Waals surface area contributed by atoms with Gasteiger partial charge in [0.25, 0.3) is 0 Å². The van der Waals surface area contributed by atoms with Crippen LogP contribution < -0.4 is 10.6 Å². The molecule has 1 aliphatic carbocycles. The Morgan fingerprint density at radius 3 is 2.64 bits per heavy atom. The molecule has 0 spiro atoms. The van der Waals surface area contributed by atoms with Gasteiger partial charge < -0.3 is 15.2 Å². The summed E-state index contributed by atoms with van der Waals surface area (Å²) in [5, 5.41) is 15.1. The maximum atomic E-state index is 5.01. The van der Waals surface area contributed by atoms with Gasteiger partial charge in [-0.25, -0.2) is 0 Å². The number of guanidine groups is 1. The number of aryl methyl sites for hydroxylation is 1. The summed E-state index contributed by atoms with van der Waals surface area (Å²) in [6.45, 7) is 10.1. The van der Waals surface area contributed by atoms with Crippen LogP contribution in [0.15, 0.2) is 11.3 Å². The number of nitrogens with one attached hydrogen (secondary N) is 2. The van der Waals surface area contributed by atoms with Crippen LogP contribution in [-0.4, -0.2) is 75.4 Å². The van der Waals surface area contributed by atoms with Crippen molar-refractivity contribution in [2.75, 3.05) is 44.2 Å². The second-order valence-corrected chi connectivity index (χ2v) is 8.67. The lowest BCUT2D eigenvalue weighted by molar-refractivity contribution is 0.112. The molecule has 0 radical (unpaired) electrons. The first-order valence-corrected chi connectivity index (χ1v) is 11.6. The lowest BCUT2D eigenvalue weighted by Crippen LogP contribution is -2.53. The number of nitrogens with zero attached hydrogens (tertiary/aromatic N) is 5. The zero-order chi connectivity index (χ0) is 19.0. The fourth-order valence-corrected chi connectivity index (χ4v) is 5.15. The molecule has 0 atom stereocenters. The highest BCUT2D eigenvalue weighted by Gasteiger charge is 2.39. The Kier molecular flexibility index (Phi) is 10.4. The van der Waals surface area contributed by atoms with Gasteiger partial charge in [0.1, 0.15) is 12.2 Å². The normalized spacial score (nSPS) is 20.0. The summed E-state index contributed by atoms with van der Waals surface area (Å²) >= 11 is 2.09. The lowest BCUT2D eigenvalue weighted by atomic mass is 9.95. The third-order valence-electron chi connectivity index (χ3n) is 5.75. The molecule has 3 rings (SSSR count). The summed E-state index contributed by atoms with van der Waals surface area (Å²) in [5.74, 6) is 4.50. The predicted molar refractivity (Wildman–Crippen MR) is 129 cm³/mol. The zero-order valence-electron chi connectivity index (χ0n) is 17.3. The molecule has 0 bridgehead atoms. The first kappa shape index (κ1) is 23.7. The summed E-state index contributed by atoms with van der Waals surface area (Å²) in [7, 11) is 0. The van der Waals surface area contributed by atoms with Crippen LogP contribution in [0.3, 0.4) is 0 Å². The predicted octanol–water partition coefficient (Wildman–Crippen LogP) is 2.38. The lowest BCUT2D eigenvalue weighted by Gasteiger charge is -2.42. The summed E-state index contributed by atoms with van der Waals surface area (Å²) in [6.07, 6.45) is 7.99. The number of halogens is 1. The number of aromatic nitrogens is 3. The molecule has 0 aromatic carbocycles. The van der Waals surface area contributed by atoms with Crippen LogP contribution in [0, 0.1) is 0 Å². The summed E-state index contributed by atoms with van der Waals surface area (Å²) in [5.41, 5.74) is 0.285. The summed E-state index contributed by atoms with van der Waals surface area (Å²) in [6, 6.07) is 0. The Hall–Kier alpha value is -0.550. The molecule has 1 saturated carbocycles. The maximum Gasteiger partial charge on any atom is 0.191 e. The quantitative estimate of drug-likeness (QED) is 0.311. The molecule has 2 aliphatic rings. The van der Waals surface area contributed by atoms with Crippen molar-refractivity contribution in [3.05, 3.63) is 12.2 Å². The molecule has 2 heterocycles. The van der Waals surface area contributed by atoms with Crippen LogP contribution in [0.1, 0.15) is 45.4 Å². The number of aliphatic imine (C=N–C) groups is 1. The highest BCUT2D eigenvalue weighted by Crippen LogP contribution is 2.37. The van der Waals surface area contributed by atoms with Gasteiger partial charge >= 0.3 is 0 Å². The minimum Gasteiger partial charge on any atom is -0.357 e. The van der Waals surface area contributed by atoms with Gasteiger partial charge in [-0.1, -0.05) is 19.8 Å². The summed E-state index contributed by atoms with van der Waals surface area (Å²) < 4.78 is 2.11. The Morgan fingerprint density at radius 2 is 1.96 bits per heavy atom. The van der Waals surface area contributed by atoms with Crippen molar-refractivity contribution in [3.8, 4) is 0 Å². The van der Waals surface area contributed by atoms with E-state index in [9.17, 15) is 0 Å². The van der Waals surface area contributed by atoms with Crippen LogP contribution in [0.2, 0.25) is 0 Å². The molecule has 0 amide bonds. The average Bonchev–Trinajstić information content (AvgIpc) is 3.37. The largest absolute Gasteiger partial charge is 0.357 e. The van der Waals surface area contributed by atoms with Crippen LogP contribution in [0.5, 0.6) is 0 Å². The van der Waals surface area contributed by atoms with E-state index in [4.69, 9.17) is 4.99 Å². The SMILES string of the molecule is CCNC(=NCC1(N2CCSCC2)CCCC1)NCCn1cnnc1CC.I. The molecule has 1 aliphatic heterocycles. The molecule has 0 unspecified atom stereocenters. The van der Waals surface area contributed by atoms with E-state index in [-0.39, 0.29) is 29.5 Å². The van der Waals surface area contributed by atoms with Gasteiger partial charge in [0, 0.05) is 56.2 Å². The molecule has 1 saturated heterocycles. The van der Waals surface area contributed by atoms with Crippen molar-refractivity contribution >= 4 is 41.7 Å². The Labute approximate surface area is 190 Å². The van der Waals surface area contributed by atoms with E-state index in [0.717, 1.165) is 44.4 Å². The standard InChI is InChI=1S/C19H35N7S.HI/c1-3-17-24-23-16-25(17)10-9-21-18(20-4-2)22-15-19(7-5-6-8-19)26-11-13-27-14-12-26;/h16H,3-15H2,1-2H3,(H2,20,21,22);1H. The molecule has 160 valence electrons. The van der Waals surface area contributed by atoms with Crippen molar-refractivity contribution in [3.63, 3.8) is 0 Å². The molecule has 1 aromatic rings. The number of hydrogen-bond acceptors (Lipinski definition) is 5. The minimum atomic E-state index is 0. The Balaban J connectivity index is 0.00000280. The van der Waals surface area contributed by atoms with Gasteiger partial charge in [-0.2, -0.15) is 11.8 Å². The molecule has 28 heavy (non-hydrogen) atoms. The first-order valence-electron chi connectivity index (χ1n) is 10.5. The van der Waals surface area contributed by atoms with Gasteiger partial charge in [0.15, 0.2) is 5.96 Å². The van der Waals surface area contributed by atoms with Gasteiger partial charge in [0.2, 0.25) is 0 Å². The fraction of sp³-hybridized carbons (Fsp3) is 0.842. The van der Waals surface area contributed by atoms with Crippen molar-refractivity contribution in [1.29, 1.82) is 0 Å². The maximum absolute atomic E-state index is 5.01. The molecule has 2 N–H and O–H groups in total. The van der Waals surface area contributed by atoms with Crippen molar-refractivity contribution in [2.24, 2.45) is 4.99 Å². The van der Waals surface area contributed by atoms with Crippen LogP contribution >= 0.6 is 35.7 Å². The van der Waals surface area contributed by atoms with Gasteiger partial charge in [-0.05, 0) is 19.8 Å². The molecule has 2 fully saturated rings. The van der Waals surface area contributed by atoms with E-state index in [1.165, 1.54) is 50.3 Å². The number of hydrogen-bond donors (Lipinski definition) is 2. The first-order chi connectivity index (χ1) is 13.3. The van der Waals surface area contributed by atoms with E-state index in [0.29, 0.717) is 0 Å². The molecular weight excluding hydrogens is 485 g/mol. The van der Waals surface area contributed by atoms with Gasteiger partial charge in [0.05, 0.1) is 6.54 Å². The average molecular weight is 522 g/mol. The van der Waals surface area contributed by atoms with Crippen LogP contribution in [-0.2, 0) is 13.0 Å². The highest BCUT2D eigenvalue weighted by molar-refractivity contribution is 14.0. The molecule has 1 aromatic heterocycles. The minimum absolute atomic E-state index is 0. The van der Waals surface area contributed by atoms with Gasteiger partial charge in [-0.15, -0.1) is 34.2 Å². The smallest absolute Gasteiger partial charge is 0.191 e. The Morgan fingerprint density at radius 1 is 1.21 bits per heavy atom. The number of thioether (sulfide) groups is 1. The van der Waals surface area contributed by atoms with E-state index in [1.54, 1.807) is 0 Å². The second kappa shape index (κ2) is 12.2. The van der Waals surface area contributed by atoms with Crippen LogP contribution in [0.25, 0.3) is 0 Å². The summed E-state index contributed by atoms with van der Waals surface area (Å²) in [4.78, 5) is 7.74. The highest BCUT2D eigenvalue weighted by atomic mass is 127. The van der Waals surface area contributed by atoms with Crippen molar-refractivity contribution < 1.29 is 0 Å². The number of rotatable bonds is 8. The monoisotopic (exact) mass is 521 g/mol. The fourth-order valence-electron chi connectivity index (χ4n) is 4.25. The third kappa shape index (κ3) is 6.22. The zero-order valence-corrected chi connectivity index (χ0v) is 20.5.